The summed E-state index contributed by atoms with van der Waals surface area (Å²) in [7, 11) is 0. The highest BCUT2D eigenvalue weighted by molar-refractivity contribution is 4.70. The summed E-state index contributed by atoms with van der Waals surface area (Å²) in [5, 5.41) is 12.0. The van der Waals surface area contributed by atoms with Gasteiger partial charge in [0.2, 0.25) is 0 Å². The smallest absolute Gasteiger partial charge is 0.263 e. The molecule has 34 valence electrons. The summed E-state index contributed by atoms with van der Waals surface area (Å²) in [4.78, 5) is 9.17. The van der Waals surface area contributed by atoms with Crippen molar-refractivity contribution in [3.8, 4) is 0 Å². The molecule has 0 aromatic rings. The molecular weight excluding hydrogens is 84.0 g/mol. The molecule has 1 saturated heterocycles. The Balaban J connectivity index is 2.31. The average molecular weight is 88.1 g/mol. The Morgan fingerprint density at radius 3 is 2.50 bits per heavy atom. The summed E-state index contributed by atoms with van der Waals surface area (Å²) in [5.74, 6) is 0. The van der Waals surface area contributed by atoms with Gasteiger partial charge in [0, 0.05) is 4.92 Å². The molecule has 0 bridgehead atoms. The van der Waals surface area contributed by atoms with Gasteiger partial charge in [0.1, 0.15) is 0 Å². The zero-order chi connectivity index (χ0) is 4.57. The molecule has 0 aliphatic carbocycles. The van der Waals surface area contributed by atoms with Crippen molar-refractivity contribution in [3.63, 3.8) is 0 Å². The minimum absolute atomic E-state index is 0.333. The van der Waals surface area contributed by atoms with Crippen molar-refractivity contribution < 1.29 is 4.92 Å². The molecule has 4 nitrogen and oxygen atoms in total. The zero-order valence-corrected chi connectivity index (χ0v) is 3.05. The molecule has 1 fully saturated rings. The number of nitrogens with zero attached hydrogens (tertiary/aromatic N) is 1. The van der Waals surface area contributed by atoms with Crippen LogP contribution in [0.25, 0.3) is 0 Å². The number of nitrogens with one attached hydrogen (secondary N) is 1. The van der Waals surface area contributed by atoms with Gasteiger partial charge in [0.15, 0.2) is 0 Å². The van der Waals surface area contributed by atoms with Crippen LogP contribution in [0.4, 0.5) is 0 Å². The molecule has 0 saturated carbocycles. The Kier molecular flexibility index (Phi) is 0.537. The van der Waals surface area contributed by atoms with Gasteiger partial charge in [-0.25, -0.2) is 5.32 Å². The average Bonchev–Trinajstić information content (AvgIpc) is 2.06. The normalized spacial score (nSPS) is 29.7. The van der Waals surface area contributed by atoms with Gasteiger partial charge in [0.25, 0.3) is 6.17 Å². The van der Waals surface area contributed by atoms with Gasteiger partial charge in [-0.3, -0.25) is 10.1 Å². The fourth-order valence-corrected chi connectivity index (χ4v) is 0.202. The number of hydrogen-bond acceptors (Lipinski definition) is 3. The summed E-state index contributed by atoms with van der Waals surface area (Å²) in [6, 6.07) is 0. The highest BCUT2D eigenvalue weighted by Gasteiger charge is 2.31. The Morgan fingerprint density at radius 1 is 2.00 bits per heavy atom. The van der Waals surface area contributed by atoms with Crippen molar-refractivity contribution in [3.05, 3.63) is 10.1 Å². The highest BCUT2D eigenvalue weighted by Crippen LogP contribution is 1.93. The lowest BCUT2D eigenvalue weighted by Gasteiger charge is -1.75. The van der Waals surface area contributed by atoms with Crippen molar-refractivity contribution in [1.29, 1.82) is 0 Å². The Labute approximate surface area is 34.3 Å². The molecule has 0 aromatic heterocycles. The lowest BCUT2D eigenvalue weighted by molar-refractivity contribution is -0.496. The maximum Gasteiger partial charge on any atom is 0.278 e. The SMILES string of the molecule is O=[N+]([O-])C1CN1. The monoisotopic (exact) mass is 88.0 g/mol. The Hall–Kier alpha value is -0.640. The van der Waals surface area contributed by atoms with Crippen LogP contribution in [-0.4, -0.2) is 17.6 Å². The number of hydrogen-bond donors (Lipinski definition) is 1. The van der Waals surface area contributed by atoms with Crippen molar-refractivity contribution in [2.45, 2.75) is 6.17 Å². The van der Waals surface area contributed by atoms with E-state index in [9.17, 15) is 10.1 Å². The van der Waals surface area contributed by atoms with Crippen LogP contribution >= 0.6 is 0 Å². The summed E-state index contributed by atoms with van der Waals surface area (Å²) in [6.07, 6.45) is -0.426. The van der Waals surface area contributed by atoms with Gasteiger partial charge in [-0.1, -0.05) is 0 Å². The van der Waals surface area contributed by atoms with Crippen LogP contribution in [0.3, 0.4) is 0 Å². The first-order chi connectivity index (χ1) is 2.80. The van der Waals surface area contributed by atoms with Gasteiger partial charge in [-0.15, -0.1) is 0 Å². The van der Waals surface area contributed by atoms with Gasteiger partial charge < -0.3 is 0 Å². The molecular formula is C2H4N2O2. The maximum absolute atomic E-state index is 9.50. The second kappa shape index (κ2) is 0.909. The molecule has 0 spiro atoms. The molecule has 1 N–H and O–H groups in total. The van der Waals surface area contributed by atoms with Crippen molar-refractivity contribution >= 4 is 0 Å². The van der Waals surface area contributed by atoms with E-state index in [1.54, 1.807) is 0 Å². The van der Waals surface area contributed by atoms with Crippen LogP contribution in [0.2, 0.25) is 0 Å². The molecule has 1 aliphatic heterocycles. The molecule has 6 heavy (non-hydrogen) atoms. The fraction of sp³-hybridized carbons (Fsp3) is 1.00. The van der Waals surface area contributed by atoms with E-state index in [1.807, 2.05) is 0 Å². The fourth-order valence-electron chi connectivity index (χ4n) is 0.202. The maximum atomic E-state index is 9.50. The largest absolute Gasteiger partial charge is 0.278 e. The van der Waals surface area contributed by atoms with E-state index < -0.39 is 6.17 Å². The summed E-state index contributed by atoms with van der Waals surface area (Å²) in [6.45, 7) is 0.549. The molecule has 4 heteroatoms. The van der Waals surface area contributed by atoms with E-state index in [-0.39, 0.29) is 4.92 Å². The Bertz CT molecular complexity index is 77.6. The first-order valence-electron chi connectivity index (χ1n) is 1.67. The van der Waals surface area contributed by atoms with Crippen LogP contribution in [-0.2, 0) is 0 Å². The predicted octanol–water partition coefficient (Wildman–Crippen LogP) is -0.808. The van der Waals surface area contributed by atoms with E-state index in [2.05, 4.69) is 5.32 Å². The molecule has 1 heterocycles. The molecule has 0 aromatic carbocycles. The van der Waals surface area contributed by atoms with Crippen LogP contribution in [0, 0.1) is 10.1 Å². The molecule has 1 unspecified atom stereocenters. The lowest BCUT2D eigenvalue weighted by Crippen LogP contribution is -2.04. The zero-order valence-electron chi connectivity index (χ0n) is 3.05. The second-order valence-corrected chi connectivity index (χ2v) is 1.21. The van der Waals surface area contributed by atoms with Crippen LogP contribution in [0.5, 0.6) is 0 Å². The summed E-state index contributed by atoms with van der Waals surface area (Å²) >= 11 is 0. The Morgan fingerprint density at radius 2 is 2.50 bits per heavy atom. The highest BCUT2D eigenvalue weighted by atomic mass is 16.6. The first-order valence-corrected chi connectivity index (χ1v) is 1.67. The van der Waals surface area contributed by atoms with Gasteiger partial charge in [0.05, 0.1) is 6.54 Å². The summed E-state index contributed by atoms with van der Waals surface area (Å²) in [5.41, 5.74) is 0. The van der Waals surface area contributed by atoms with Gasteiger partial charge in [-0.05, 0) is 0 Å². The molecule has 0 amide bonds. The van der Waals surface area contributed by atoms with E-state index in [1.165, 1.54) is 0 Å². The first kappa shape index (κ1) is 3.55. The molecule has 1 aliphatic rings. The van der Waals surface area contributed by atoms with Gasteiger partial charge >= 0.3 is 0 Å². The molecule has 1 atom stereocenters. The van der Waals surface area contributed by atoms with E-state index in [0.717, 1.165) is 0 Å². The van der Waals surface area contributed by atoms with E-state index in [0.29, 0.717) is 6.54 Å². The lowest BCUT2D eigenvalue weighted by atomic mass is 10.8. The summed E-state index contributed by atoms with van der Waals surface area (Å²) < 4.78 is 0. The molecule has 0 radical (unpaired) electrons. The minimum atomic E-state index is -0.426. The number of nitro groups is 1. The van der Waals surface area contributed by atoms with Crippen molar-refractivity contribution in [2.75, 3.05) is 6.54 Å². The predicted molar refractivity (Wildman–Crippen MR) is 18.8 cm³/mol. The second-order valence-electron chi connectivity index (χ2n) is 1.21. The third-order valence-corrected chi connectivity index (χ3v) is 0.641. The van der Waals surface area contributed by atoms with Gasteiger partial charge in [-0.2, -0.15) is 0 Å². The minimum Gasteiger partial charge on any atom is -0.263 e. The van der Waals surface area contributed by atoms with Crippen molar-refractivity contribution in [1.82, 2.24) is 5.32 Å². The quantitative estimate of drug-likeness (QED) is 0.259. The van der Waals surface area contributed by atoms with Crippen LogP contribution in [0.15, 0.2) is 0 Å². The third-order valence-electron chi connectivity index (χ3n) is 0.641. The topological polar surface area (TPSA) is 65.1 Å². The molecule has 1 rings (SSSR count). The van der Waals surface area contributed by atoms with E-state index in [4.69, 9.17) is 0 Å². The standard InChI is InChI=1S/C2H4N2O2/c5-4(6)2-1-3-2/h2-3H,1H2. The van der Waals surface area contributed by atoms with Crippen LogP contribution in [0.1, 0.15) is 0 Å². The van der Waals surface area contributed by atoms with E-state index >= 15 is 0 Å². The van der Waals surface area contributed by atoms with Crippen molar-refractivity contribution in [2.24, 2.45) is 0 Å². The van der Waals surface area contributed by atoms with Crippen LogP contribution < -0.4 is 5.32 Å². The third kappa shape index (κ3) is 0.463. The number of rotatable bonds is 1.